The van der Waals surface area contributed by atoms with Crippen molar-refractivity contribution >= 4 is 17.3 Å². The van der Waals surface area contributed by atoms with Crippen LogP contribution in [0.3, 0.4) is 0 Å². The molecule has 0 bridgehead atoms. The van der Waals surface area contributed by atoms with Gasteiger partial charge in [0.15, 0.2) is 0 Å². The number of halogens is 1. The monoisotopic (exact) mass is 278 g/mol. The molecule has 3 rings (SSSR count). The van der Waals surface area contributed by atoms with E-state index in [1.807, 2.05) is 12.1 Å². The number of hydrogen-bond acceptors (Lipinski definition) is 2. The fraction of sp³-hybridized carbons (Fsp3) is 0.625. The molecule has 104 valence electrons. The molecule has 0 radical (unpaired) electrons. The first-order valence-corrected chi connectivity index (χ1v) is 7.84. The second-order valence-corrected chi connectivity index (χ2v) is 6.55. The summed E-state index contributed by atoms with van der Waals surface area (Å²) < 4.78 is 0. The summed E-state index contributed by atoms with van der Waals surface area (Å²) in [5, 5.41) is 0.852. The number of nitrogens with two attached hydrogens (primary N) is 1. The van der Waals surface area contributed by atoms with Crippen molar-refractivity contribution in [3.05, 3.63) is 28.8 Å². The van der Waals surface area contributed by atoms with Gasteiger partial charge in [0.1, 0.15) is 0 Å². The van der Waals surface area contributed by atoms with Gasteiger partial charge in [-0.2, -0.15) is 0 Å². The molecule has 3 heteroatoms. The number of piperidine rings is 1. The highest BCUT2D eigenvalue weighted by Gasteiger charge is 2.37. The summed E-state index contributed by atoms with van der Waals surface area (Å²) >= 11 is 6.40. The first-order valence-electron chi connectivity index (χ1n) is 7.47. The maximum atomic E-state index is 6.40. The number of nitrogens with zero attached hydrogens (tertiary/aromatic N) is 1. The summed E-state index contributed by atoms with van der Waals surface area (Å²) in [6, 6.07) is 6.08. The predicted molar refractivity (Wildman–Crippen MR) is 81.7 cm³/mol. The number of rotatable bonds is 2. The Morgan fingerprint density at radius 2 is 1.79 bits per heavy atom. The molecule has 2 fully saturated rings. The van der Waals surface area contributed by atoms with Crippen LogP contribution in [0.2, 0.25) is 5.02 Å². The average molecular weight is 279 g/mol. The van der Waals surface area contributed by atoms with Gasteiger partial charge in [-0.25, -0.2) is 0 Å². The van der Waals surface area contributed by atoms with Gasteiger partial charge in [0.2, 0.25) is 0 Å². The lowest BCUT2D eigenvalue weighted by molar-refractivity contribution is 0.226. The van der Waals surface area contributed by atoms with Crippen LogP contribution >= 0.6 is 11.6 Å². The van der Waals surface area contributed by atoms with Crippen LogP contribution in [-0.4, -0.2) is 13.1 Å². The van der Waals surface area contributed by atoms with Crippen molar-refractivity contribution in [1.29, 1.82) is 0 Å². The van der Waals surface area contributed by atoms with Gasteiger partial charge in [-0.1, -0.05) is 36.6 Å². The van der Waals surface area contributed by atoms with E-state index in [1.165, 1.54) is 49.8 Å². The van der Waals surface area contributed by atoms with Gasteiger partial charge in [-0.3, -0.25) is 0 Å². The van der Waals surface area contributed by atoms with Crippen molar-refractivity contribution in [2.24, 2.45) is 11.1 Å². The molecule has 0 amide bonds. The predicted octanol–water partition coefficient (Wildman–Crippen LogP) is 3.96. The molecule has 1 aromatic carbocycles. The smallest absolute Gasteiger partial charge is 0.0642 e. The van der Waals surface area contributed by atoms with Crippen molar-refractivity contribution in [3.63, 3.8) is 0 Å². The molecule has 0 unspecified atom stereocenters. The van der Waals surface area contributed by atoms with Crippen LogP contribution in [0.25, 0.3) is 0 Å². The molecule has 1 saturated heterocycles. The Kier molecular flexibility index (Phi) is 3.72. The van der Waals surface area contributed by atoms with E-state index in [2.05, 4.69) is 11.0 Å². The molecule has 1 heterocycles. The molecule has 1 saturated carbocycles. The zero-order valence-corrected chi connectivity index (χ0v) is 12.3. The van der Waals surface area contributed by atoms with Crippen LogP contribution in [0.5, 0.6) is 0 Å². The van der Waals surface area contributed by atoms with E-state index in [0.29, 0.717) is 12.0 Å². The van der Waals surface area contributed by atoms with E-state index in [9.17, 15) is 0 Å². The van der Waals surface area contributed by atoms with Gasteiger partial charge in [0, 0.05) is 19.6 Å². The molecule has 1 aromatic rings. The molecule has 1 aliphatic heterocycles. The van der Waals surface area contributed by atoms with E-state index < -0.39 is 0 Å². The first kappa shape index (κ1) is 13.3. The minimum Gasteiger partial charge on any atom is -0.370 e. The van der Waals surface area contributed by atoms with Gasteiger partial charge in [0.05, 0.1) is 10.7 Å². The zero-order valence-electron chi connectivity index (χ0n) is 11.5. The molecule has 2 nitrogen and oxygen atoms in total. The summed E-state index contributed by atoms with van der Waals surface area (Å²) in [5.74, 6) is 0. The van der Waals surface area contributed by atoms with E-state index in [-0.39, 0.29) is 0 Å². The van der Waals surface area contributed by atoms with Gasteiger partial charge in [-0.05, 0) is 42.7 Å². The van der Waals surface area contributed by atoms with E-state index in [4.69, 9.17) is 17.3 Å². The van der Waals surface area contributed by atoms with Crippen LogP contribution in [-0.2, 0) is 6.54 Å². The summed E-state index contributed by atoms with van der Waals surface area (Å²) in [6.45, 7) is 2.84. The summed E-state index contributed by atoms with van der Waals surface area (Å²) in [7, 11) is 0. The molecule has 1 aliphatic carbocycles. The molecule has 0 aromatic heterocycles. The van der Waals surface area contributed by atoms with E-state index in [1.54, 1.807) is 0 Å². The van der Waals surface area contributed by atoms with Crippen molar-refractivity contribution in [2.75, 3.05) is 18.0 Å². The Hall–Kier alpha value is -0.730. The minimum atomic E-state index is 0.567. The van der Waals surface area contributed by atoms with Gasteiger partial charge >= 0.3 is 0 Å². The fourth-order valence-corrected chi connectivity index (χ4v) is 4.22. The topological polar surface area (TPSA) is 29.3 Å². The standard InChI is InChI=1S/C16H23ClN2/c17-14-5-3-4-13(12-18)15(14)19-10-8-16(9-11-19)6-1-2-7-16/h3-5H,1-2,6-12,18H2. The lowest BCUT2D eigenvalue weighted by Crippen LogP contribution is -2.39. The lowest BCUT2D eigenvalue weighted by atomic mass is 9.77. The van der Waals surface area contributed by atoms with E-state index in [0.717, 1.165) is 18.1 Å². The minimum absolute atomic E-state index is 0.567. The first-order chi connectivity index (χ1) is 9.24. The Balaban J connectivity index is 1.78. The Labute approximate surface area is 120 Å². The zero-order chi connectivity index (χ0) is 13.3. The van der Waals surface area contributed by atoms with Crippen LogP contribution in [0.15, 0.2) is 18.2 Å². The quantitative estimate of drug-likeness (QED) is 0.887. The Morgan fingerprint density at radius 1 is 1.11 bits per heavy atom. The van der Waals surface area contributed by atoms with Gasteiger partial charge < -0.3 is 10.6 Å². The molecule has 2 aliphatic rings. The van der Waals surface area contributed by atoms with Crippen LogP contribution in [0.1, 0.15) is 44.1 Å². The van der Waals surface area contributed by atoms with Gasteiger partial charge in [-0.15, -0.1) is 0 Å². The van der Waals surface area contributed by atoms with Crippen molar-refractivity contribution in [1.82, 2.24) is 0 Å². The average Bonchev–Trinajstić information content (AvgIpc) is 2.88. The maximum Gasteiger partial charge on any atom is 0.0642 e. The molecule has 19 heavy (non-hydrogen) atoms. The van der Waals surface area contributed by atoms with E-state index >= 15 is 0 Å². The third-order valence-electron chi connectivity index (χ3n) is 5.09. The molecule has 2 N–H and O–H groups in total. The van der Waals surface area contributed by atoms with Crippen molar-refractivity contribution in [2.45, 2.75) is 45.1 Å². The highest BCUT2D eigenvalue weighted by molar-refractivity contribution is 6.33. The van der Waals surface area contributed by atoms with Crippen LogP contribution in [0, 0.1) is 5.41 Å². The third kappa shape index (κ3) is 2.48. The van der Waals surface area contributed by atoms with Crippen LogP contribution in [0.4, 0.5) is 5.69 Å². The second-order valence-electron chi connectivity index (χ2n) is 6.15. The van der Waals surface area contributed by atoms with Crippen molar-refractivity contribution < 1.29 is 0 Å². The molecule has 1 spiro atoms. The molecular formula is C16H23ClN2. The third-order valence-corrected chi connectivity index (χ3v) is 5.40. The Morgan fingerprint density at radius 3 is 2.42 bits per heavy atom. The number of para-hydroxylation sites is 1. The second kappa shape index (κ2) is 5.34. The van der Waals surface area contributed by atoms with Crippen LogP contribution < -0.4 is 10.6 Å². The Bertz CT molecular complexity index is 442. The highest BCUT2D eigenvalue weighted by atomic mass is 35.5. The normalized spacial score (nSPS) is 22.1. The summed E-state index contributed by atoms with van der Waals surface area (Å²) in [5.41, 5.74) is 8.87. The SMILES string of the molecule is NCc1cccc(Cl)c1N1CCC2(CCCC2)CC1. The maximum absolute atomic E-state index is 6.40. The molecule has 0 atom stereocenters. The number of hydrogen-bond donors (Lipinski definition) is 1. The lowest BCUT2D eigenvalue weighted by Gasteiger charge is -2.41. The largest absolute Gasteiger partial charge is 0.370 e. The van der Waals surface area contributed by atoms with Gasteiger partial charge in [0.25, 0.3) is 0 Å². The van der Waals surface area contributed by atoms with Crippen molar-refractivity contribution in [3.8, 4) is 0 Å². The summed E-state index contributed by atoms with van der Waals surface area (Å²) in [4.78, 5) is 2.45. The fourth-order valence-electron chi connectivity index (χ4n) is 3.91. The molecular weight excluding hydrogens is 256 g/mol. The highest BCUT2D eigenvalue weighted by Crippen LogP contribution is 2.47. The number of benzene rings is 1. The number of anilines is 1. The summed E-state index contributed by atoms with van der Waals surface area (Å²) in [6.07, 6.45) is 8.38.